The van der Waals surface area contributed by atoms with E-state index >= 15 is 0 Å². The van der Waals surface area contributed by atoms with Gasteiger partial charge < -0.3 is 0 Å². The van der Waals surface area contributed by atoms with E-state index in [9.17, 15) is 0 Å². The number of hydrogen-bond donors (Lipinski definition) is 0. The van der Waals surface area contributed by atoms with Gasteiger partial charge in [-0.15, -0.1) is 0 Å². The van der Waals surface area contributed by atoms with E-state index in [0.717, 1.165) is 0 Å². The van der Waals surface area contributed by atoms with Crippen LogP contribution in [-0.4, -0.2) is 8.07 Å². The molecule has 0 aliphatic carbocycles. The average Bonchev–Trinajstić information content (AvgIpc) is 3.30. The van der Waals surface area contributed by atoms with Crippen LogP contribution in [0, 0.1) is 0 Å². The summed E-state index contributed by atoms with van der Waals surface area (Å²) in [6.45, 7) is 5.05. The van der Waals surface area contributed by atoms with Crippen molar-refractivity contribution in [1.82, 2.24) is 0 Å². The molecule has 0 atom stereocenters. The normalized spacial score (nSPS) is 13.5. The van der Waals surface area contributed by atoms with Crippen LogP contribution >= 0.6 is 0 Å². The predicted octanol–water partition coefficient (Wildman–Crippen LogP) is 10.4. The molecule has 0 N–H and O–H groups in total. The minimum atomic E-state index is -1.90. The zero-order valence-corrected chi connectivity index (χ0v) is 25.4. The Labute approximate surface area is 252 Å². The maximum atomic E-state index is 2.52. The smallest absolute Gasteiger partial charge is 0.0623 e. The Morgan fingerprint density at radius 2 is 0.930 bits per heavy atom. The van der Waals surface area contributed by atoms with Crippen LogP contribution in [-0.2, 0) is 0 Å². The highest BCUT2D eigenvalue weighted by Crippen LogP contribution is 2.43. The molecule has 0 fully saturated rings. The van der Waals surface area contributed by atoms with E-state index in [4.69, 9.17) is 0 Å². The molecule has 0 bridgehead atoms. The Kier molecular flexibility index (Phi) is 5.15. The van der Waals surface area contributed by atoms with E-state index < -0.39 is 8.07 Å². The third kappa shape index (κ3) is 3.49. The van der Waals surface area contributed by atoms with Gasteiger partial charge in [0, 0.05) is 0 Å². The summed E-state index contributed by atoms with van der Waals surface area (Å²) in [6, 6.07) is 54.5. The highest BCUT2D eigenvalue weighted by molar-refractivity contribution is 7.04. The average molecular weight is 563 g/mol. The first kappa shape index (κ1) is 24.6. The van der Waals surface area contributed by atoms with Gasteiger partial charge in [0.2, 0.25) is 0 Å². The number of hydrogen-bond acceptors (Lipinski definition) is 0. The van der Waals surface area contributed by atoms with Crippen molar-refractivity contribution in [2.45, 2.75) is 13.1 Å². The standard InChI is InChI=1S/C42H30Si/c1-43(2)40-21-10-9-16-33(40)36-19-11-20-37(42(36)43)39-26-30-25-38(29-23-22-27-12-3-4-13-28(27)24-29)31-14-5-7-17-34(31)41(30)35-18-8-6-15-32(35)39/h3-26H,1-2H3. The molecule has 0 unspecified atom stereocenters. The third-order valence-electron chi connectivity index (χ3n) is 9.79. The van der Waals surface area contributed by atoms with Crippen LogP contribution in [0.2, 0.25) is 13.1 Å². The minimum Gasteiger partial charge on any atom is -0.0623 e. The largest absolute Gasteiger partial charge is 0.114 e. The van der Waals surface area contributed by atoms with Gasteiger partial charge in [0.15, 0.2) is 0 Å². The van der Waals surface area contributed by atoms with Crippen LogP contribution in [0.1, 0.15) is 0 Å². The molecule has 0 saturated heterocycles. The van der Waals surface area contributed by atoms with Gasteiger partial charge in [-0.2, -0.15) is 0 Å². The molecule has 1 aliphatic heterocycles. The first-order valence-corrected chi connectivity index (χ1v) is 18.2. The summed E-state index contributed by atoms with van der Waals surface area (Å²) in [7, 11) is -1.90. The topological polar surface area (TPSA) is 0 Å². The van der Waals surface area contributed by atoms with Crippen LogP contribution in [0.3, 0.4) is 0 Å². The molecule has 43 heavy (non-hydrogen) atoms. The molecule has 9 rings (SSSR count). The zero-order chi connectivity index (χ0) is 28.7. The molecule has 0 saturated carbocycles. The molecule has 8 aromatic carbocycles. The molecular weight excluding hydrogens is 533 g/mol. The highest BCUT2D eigenvalue weighted by atomic mass is 28.3. The van der Waals surface area contributed by atoms with Gasteiger partial charge in [-0.1, -0.05) is 140 Å². The zero-order valence-electron chi connectivity index (χ0n) is 24.4. The summed E-state index contributed by atoms with van der Waals surface area (Å²) in [5, 5.41) is 13.6. The second-order valence-electron chi connectivity index (χ2n) is 12.5. The van der Waals surface area contributed by atoms with E-state index in [0.29, 0.717) is 0 Å². The van der Waals surface area contributed by atoms with Crippen molar-refractivity contribution >= 4 is 61.5 Å². The Morgan fingerprint density at radius 3 is 1.70 bits per heavy atom. The van der Waals surface area contributed by atoms with Crippen LogP contribution in [0.4, 0.5) is 0 Å². The lowest BCUT2D eigenvalue weighted by atomic mass is 9.87. The monoisotopic (exact) mass is 562 g/mol. The lowest BCUT2D eigenvalue weighted by Crippen LogP contribution is -2.50. The van der Waals surface area contributed by atoms with E-state index in [1.165, 1.54) is 76.5 Å². The van der Waals surface area contributed by atoms with Gasteiger partial charge in [-0.3, -0.25) is 0 Å². The van der Waals surface area contributed by atoms with E-state index in [1.54, 1.807) is 10.4 Å². The van der Waals surface area contributed by atoms with Crippen LogP contribution < -0.4 is 10.4 Å². The summed E-state index contributed by atoms with van der Waals surface area (Å²) in [5.74, 6) is 0. The van der Waals surface area contributed by atoms with Crippen molar-refractivity contribution in [2.75, 3.05) is 0 Å². The van der Waals surface area contributed by atoms with Crippen molar-refractivity contribution in [3.05, 3.63) is 146 Å². The Bertz CT molecular complexity index is 2430. The van der Waals surface area contributed by atoms with E-state index in [2.05, 4.69) is 159 Å². The summed E-state index contributed by atoms with van der Waals surface area (Å²) in [4.78, 5) is 0. The van der Waals surface area contributed by atoms with Crippen molar-refractivity contribution in [2.24, 2.45) is 0 Å². The molecular formula is C42H30Si. The first-order valence-electron chi connectivity index (χ1n) is 15.2. The fraction of sp³-hybridized carbons (Fsp3) is 0.0476. The van der Waals surface area contributed by atoms with Gasteiger partial charge >= 0.3 is 0 Å². The first-order chi connectivity index (χ1) is 21.1. The van der Waals surface area contributed by atoms with Crippen molar-refractivity contribution in [3.63, 3.8) is 0 Å². The molecule has 1 aliphatic rings. The van der Waals surface area contributed by atoms with Crippen LogP contribution in [0.25, 0.3) is 76.5 Å². The van der Waals surface area contributed by atoms with Gasteiger partial charge in [0.25, 0.3) is 0 Å². The summed E-state index contributed by atoms with van der Waals surface area (Å²) >= 11 is 0. The van der Waals surface area contributed by atoms with Gasteiger partial charge in [0.05, 0.1) is 0 Å². The quantitative estimate of drug-likeness (QED) is 0.145. The third-order valence-corrected chi connectivity index (χ3v) is 13.4. The van der Waals surface area contributed by atoms with E-state index in [1.807, 2.05) is 0 Å². The molecule has 0 radical (unpaired) electrons. The van der Waals surface area contributed by atoms with Crippen molar-refractivity contribution < 1.29 is 0 Å². The van der Waals surface area contributed by atoms with Gasteiger partial charge in [0.1, 0.15) is 8.07 Å². The molecule has 0 spiro atoms. The summed E-state index contributed by atoms with van der Waals surface area (Å²) in [6.07, 6.45) is 0. The fourth-order valence-electron chi connectivity index (χ4n) is 7.87. The lowest BCUT2D eigenvalue weighted by molar-refractivity contribution is 1.67. The van der Waals surface area contributed by atoms with Crippen molar-refractivity contribution in [3.8, 4) is 33.4 Å². The van der Waals surface area contributed by atoms with E-state index in [-0.39, 0.29) is 0 Å². The second kappa shape index (κ2) is 9.01. The fourth-order valence-corrected chi connectivity index (χ4v) is 11.3. The predicted molar refractivity (Wildman–Crippen MR) is 190 cm³/mol. The maximum absolute atomic E-state index is 2.52. The summed E-state index contributed by atoms with van der Waals surface area (Å²) < 4.78 is 0. The lowest BCUT2D eigenvalue weighted by Gasteiger charge is -2.23. The SMILES string of the molecule is C[Si]1(C)c2ccccc2-c2cccc(-c3cc4cc(-c5ccc6ccccc6c5)c5ccccc5c4c4ccccc34)c21. The Morgan fingerprint density at radius 1 is 0.372 bits per heavy atom. The molecule has 8 aromatic rings. The van der Waals surface area contributed by atoms with Gasteiger partial charge in [-0.05, 0) is 105 Å². The maximum Gasteiger partial charge on any atom is 0.114 e. The van der Waals surface area contributed by atoms with Gasteiger partial charge in [-0.25, -0.2) is 0 Å². The van der Waals surface area contributed by atoms with Crippen LogP contribution in [0.5, 0.6) is 0 Å². The number of benzene rings is 8. The molecule has 0 amide bonds. The van der Waals surface area contributed by atoms with Crippen molar-refractivity contribution in [1.29, 1.82) is 0 Å². The highest BCUT2D eigenvalue weighted by Gasteiger charge is 2.39. The number of fused-ring (bicyclic) bond motifs is 9. The molecule has 1 heteroatoms. The summed E-state index contributed by atoms with van der Waals surface area (Å²) in [5.41, 5.74) is 8.12. The number of rotatable bonds is 2. The molecule has 1 heterocycles. The second-order valence-corrected chi connectivity index (χ2v) is 16.8. The molecule has 0 aromatic heterocycles. The van der Waals surface area contributed by atoms with Crippen LogP contribution in [0.15, 0.2) is 146 Å². The Balaban J connectivity index is 1.39. The minimum absolute atomic E-state index is 1.26. The molecule has 0 nitrogen and oxygen atoms in total. The Hall–Kier alpha value is -4.98. The molecule has 202 valence electrons.